The number of nitrogens with one attached hydrogen (secondary N) is 1. The molecule has 2 amide bonds. The van der Waals surface area contributed by atoms with Gasteiger partial charge in [-0.2, -0.15) is 0 Å². The van der Waals surface area contributed by atoms with Crippen LogP contribution in [0, 0.1) is 0 Å². The number of carbonyl (C=O) groups is 4. The average molecular weight is 438 g/mol. The molecule has 0 saturated heterocycles. The van der Waals surface area contributed by atoms with Gasteiger partial charge in [0.05, 0.1) is 18.7 Å². The Morgan fingerprint density at radius 2 is 1.81 bits per heavy atom. The minimum atomic E-state index is -0.442. The monoisotopic (exact) mass is 438 g/mol. The Hall–Kier alpha value is -3.68. The van der Waals surface area contributed by atoms with Gasteiger partial charge in [0.1, 0.15) is 12.3 Å². The van der Waals surface area contributed by atoms with Crippen LogP contribution >= 0.6 is 0 Å². The first-order valence-corrected chi connectivity index (χ1v) is 10.6. The molecular weight excluding hydrogens is 412 g/mol. The van der Waals surface area contributed by atoms with Crippen LogP contribution in [-0.2, 0) is 25.5 Å². The molecule has 1 heterocycles. The highest BCUT2D eigenvalue weighted by molar-refractivity contribution is 6.06. The number of Topliss-reactive ketones (excluding diaryl/α,β-unsaturated/α-hetero) is 1. The molecule has 0 unspecified atom stereocenters. The lowest BCUT2D eigenvalue weighted by Crippen LogP contribution is -2.43. The lowest BCUT2D eigenvalue weighted by atomic mass is 10.0. The summed E-state index contributed by atoms with van der Waals surface area (Å²) in [6, 6.07) is 12.2. The molecular formula is C24H26N2O6. The lowest BCUT2D eigenvalue weighted by Gasteiger charge is -2.29. The molecule has 0 fully saturated rings. The minimum absolute atomic E-state index is 0.0132. The number of fused-ring (bicyclic) bond motifs is 1. The van der Waals surface area contributed by atoms with Gasteiger partial charge in [0.25, 0.3) is 5.91 Å². The second-order valence-corrected chi connectivity index (χ2v) is 7.28. The molecule has 0 saturated carbocycles. The Balaban J connectivity index is 1.72. The average Bonchev–Trinajstić information content (AvgIpc) is 2.79. The Morgan fingerprint density at radius 3 is 2.50 bits per heavy atom. The van der Waals surface area contributed by atoms with Gasteiger partial charge in [-0.15, -0.1) is 0 Å². The number of amides is 2. The third-order valence-corrected chi connectivity index (χ3v) is 5.03. The molecule has 0 spiro atoms. The van der Waals surface area contributed by atoms with Gasteiger partial charge in [-0.3, -0.25) is 24.1 Å². The van der Waals surface area contributed by atoms with Crippen LogP contribution in [-0.4, -0.2) is 43.3 Å². The van der Waals surface area contributed by atoms with Crippen molar-refractivity contribution in [3.63, 3.8) is 0 Å². The van der Waals surface area contributed by atoms with Gasteiger partial charge in [0, 0.05) is 17.7 Å². The number of nitrogens with zero attached hydrogens (tertiary/aromatic N) is 1. The zero-order chi connectivity index (χ0) is 23.1. The number of carbonyl (C=O) groups excluding carboxylic acids is 4. The van der Waals surface area contributed by atoms with Crippen LogP contribution in [0.1, 0.15) is 42.6 Å². The molecule has 0 atom stereocenters. The number of benzene rings is 2. The molecule has 0 radical (unpaired) electrons. The molecule has 0 bridgehead atoms. The molecule has 1 aliphatic heterocycles. The van der Waals surface area contributed by atoms with Crippen LogP contribution in [0.3, 0.4) is 0 Å². The van der Waals surface area contributed by atoms with Crippen molar-refractivity contribution in [3.05, 3.63) is 53.6 Å². The van der Waals surface area contributed by atoms with Crippen molar-refractivity contribution in [2.75, 3.05) is 30.0 Å². The van der Waals surface area contributed by atoms with Crippen molar-refractivity contribution in [2.45, 2.75) is 33.1 Å². The van der Waals surface area contributed by atoms with Crippen molar-refractivity contribution >= 4 is 34.9 Å². The summed E-state index contributed by atoms with van der Waals surface area (Å²) in [7, 11) is 0. The third kappa shape index (κ3) is 5.72. The number of aryl methyl sites for hydroxylation is 1. The van der Waals surface area contributed by atoms with Gasteiger partial charge < -0.3 is 14.8 Å². The first-order chi connectivity index (χ1) is 15.4. The maximum absolute atomic E-state index is 12.6. The third-order valence-electron chi connectivity index (χ3n) is 5.03. The molecule has 0 aliphatic carbocycles. The fourth-order valence-electron chi connectivity index (χ4n) is 3.31. The van der Waals surface area contributed by atoms with Gasteiger partial charge in [-0.25, -0.2) is 0 Å². The molecule has 2 aromatic carbocycles. The van der Waals surface area contributed by atoms with E-state index in [0.29, 0.717) is 22.7 Å². The van der Waals surface area contributed by atoms with E-state index in [1.165, 1.54) is 11.0 Å². The van der Waals surface area contributed by atoms with Crippen LogP contribution in [0.25, 0.3) is 0 Å². The van der Waals surface area contributed by atoms with Crippen molar-refractivity contribution in [1.82, 2.24) is 0 Å². The maximum Gasteiger partial charge on any atom is 0.306 e. The Labute approximate surface area is 186 Å². The Morgan fingerprint density at radius 1 is 1.06 bits per heavy atom. The van der Waals surface area contributed by atoms with Crippen LogP contribution in [0.4, 0.5) is 11.4 Å². The SMILES string of the molecule is CCOC(=O)CCC(=O)c1ccc2c(c1)N(CC(=O)Nc1ccc(CC)cc1)C(=O)CO2. The molecule has 2 aromatic rings. The fourth-order valence-corrected chi connectivity index (χ4v) is 3.31. The van der Waals surface area contributed by atoms with E-state index in [1.807, 2.05) is 31.2 Å². The van der Waals surface area contributed by atoms with E-state index < -0.39 is 5.97 Å². The predicted molar refractivity (Wildman–Crippen MR) is 119 cm³/mol. The first kappa shape index (κ1) is 23.0. The smallest absolute Gasteiger partial charge is 0.306 e. The quantitative estimate of drug-likeness (QED) is 0.477. The highest BCUT2D eigenvalue weighted by Gasteiger charge is 2.28. The van der Waals surface area contributed by atoms with E-state index in [1.54, 1.807) is 19.1 Å². The summed E-state index contributed by atoms with van der Waals surface area (Å²) < 4.78 is 10.3. The highest BCUT2D eigenvalue weighted by atomic mass is 16.5. The highest BCUT2D eigenvalue weighted by Crippen LogP contribution is 2.33. The number of ether oxygens (including phenoxy) is 2. The summed E-state index contributed by atoms with van der Waals surface area (Å²) in [4.78, 5) is 50.4. The number of hydrogen-bond acceptors (Lipinski definition) is 6. The standard InChI is InChI=1S/C24H26N2O6/c1-3-16-5-8-18(9-6-16)25-22(28)14-26-19-13-17(7-11-21(19)32-15-23(26)29)20(27)10-12-24(30)31-4-2/h5-9,11,13H,3-4,10,12,14-15H2,1-2H3,(H,25,28). The number of ketones is 1. The van der Waals surface area contributed by atoms with Crippen LogP contribution < -0.4 is 15.0 Å². The van der Waals surface area contributed by atoms with E-state index in [-0.39, 0.29) is 50.2 Å². The van der Waals surface area contributed by atoms with Crippen LogP contribution in [0.15, 0.2) is 42.5 Å². The first-order valence-electron chi connectivity index (χ1n) is 10.6. The van der Waals surface area contributed by atoms with E-state index >= 15 is 0 Å². The molecule has 1 aliphatic rings. The summed E-state index contributed by atoms with van der Waals surface area (Å²) in [5.74, 6) is -1.05. The summed E-state index contributed by atoms with van der Waals surface area (Å²) in [5.41, 5.74) is 2.46. The van der Waals surface area contributed by atoms with Gasteiger partial charge in [0.2, 0.25) is 5.91 Å². The van der Waals surface area contributed by atoms with Crippen molar-refractivity contribution in [1.29, 1.82) is 0 Å². The van der Waals surface area contributed by atoms with Crippen LogP contribution in [0.5, 0.6) is 5.75 Å². The molecule has 8 heteroatoms. The molecule has 168 valence electrons. The number of rotatable bonds is 9. The van der Waals surface area contributed by atoms with Gasteiger partial charge in [-0.1, -0.05) is 19.1 Å². The molecule has 32 heavy (non-hydrogen) atoms. The predicted octanol–water partition coefficient (Wildman–Crippen LogP) is 3.14. The Kier molecular flexibility index (Phi) is 7.59. The minimum Gasteiger partial charge on any atom is -0.482 e. The van der Waals surface area contributed by atoms with E-state index in [4.69, 9.17) is 9.47 Å². The topological polar surface area (TPSA) is 102 Å². The van der Waals surface area contributed by atoms with E-state index in [0.717, 1.165) is 12.0 Å². The van der Waals surface area contributed by atoms with E-state index in [9.17, 15) is 19.2 Å². The van der Waals surface area contributed by atoms with Gasteiger partial charge >= 0.3 is 5.97 Å². The largest absolute Gasteiger partial charge is 0.482 e. The normalized spacial score (nSPS) is 12.6. The second-order valence-electron chi connectivity index (χ2n) is 7.28. The summed E-state index contributed by atoms with van der Waals surface area (Å²) in [6.45, 7) is 3.59. The number of esters is 1. The van der Waals surface area contributed by atoms with Crippen molar-refractivity contribution < 1.29 is 28.7 Å². The van der Waals surface area contributed by atoms with E-state index in [2.05, 4.69) is 5.32 Å². The molecule has 3 rings (SSSR count). The van der Waals surface area contributed by atoms with Gasteiger partial charge in [0.15, 0.2) is 12.4 Å². The lowest BCUT2D eigenvalue weighted by molar-refractivity contribution is -0.143. The molecule has 8 nitrogen and oxygen atoms in total. The second kappa shape index (κ2) is 10.6. The van der Waals surface area contributed by atoms with Crippen molar-refractivity contribution in [2.24, 2.45) is 0 Å². The molecule has 0 aromatic heterocycles. The summed E-state index contributed by atoms with van der Waals surface area (Å²) >= 11 is 0. The van der Waals surface area contributed by atoms with Crippen LogP contribution in [0.2, 0.25) is 0 Å². The number of anilines is 2. The Bertz CT molecular complexity index is 1020. The number of hydrogen-bond donors (Lipinski definition) is 1. The zero-order valence-electron chi connectivity index (χ0n) is 18.2. The van der Waals surface area contributed by atoms with Crippen molar-refractivity contribution in [3.8, 4) is 5.75 Å². The summed E-state index contributed by atoms with van der Waals surface area (Å²) in [6.07, 6.45) is 0.858. The molecule has 1 N–H and O–H groups in total. The maximum atomic E-state index is 12.6. The zero-order valence-corrected chi connectivity index (χ0v) is 18.2. The summed E-state index contributed by atoms with van der Waals surface area (Å²) in [5, 5.41) is 2.78. The fraction of sp³-hybridized carbons (Fsp3) is 0.333. The van der Waals surface area contributed by atoms with Gasteiger partial charge in [-0.05, 0) is 49.2 Å².